The number of nitrogens with zero attached hydrogens (tertiary/aromatic N) is 1. The standard InChI is InChI=1S/C23H26ClFN2O2/c1-29-21-6-5-16(13-20(21)25)15-27-11-7-19(8-12-27)26-22(28)23(9-10-23)17-3-2-4-18(24)14-17/h2-6,13-14,19H,7-12,15H2,1H3,(H,26,28). The molecule has 1 N–H and O–H groups in total. The minimum Gasteiger partial charge on any atom is -0.494 e. The number of nitrogens with one attached hydrogen (secondary N) is 1. The number of likely N-dealkylation sites (tertiary alicyclic amines) is 1. The Bertz CT molecular complexity index is 892. The van der Waals surface area contributed by atoms with Gasteiger partial charge in [0.25, 0.3) is 0 Å². The topological polar surface area (TPSA) is 41.6 Å². The van der Waals surface area contributed by atoms with Crippen molar-refractivity contribution in [1.29, 1.82) is 0 Å². The Morgan fingerprint density at radius 3 is 2.62 bits per heavy atom. The van der Waals surface area contributed by atoms with Gasteiger partial charge in [0.2, 0.25) is 5.91 Å². The lowest BCUT2D eigenvalue weighted by Crippen LogP contribution is -2.47. The summed E-state index contributed by atoms with van der Waals surface area (Å²) in [5.74, 6) is 0.0576. The molecule has 1 aliphatic heterocycles. The highest BCUT2D eigenvalue weighted by molar-refractivity contribution is 6.30. The van der Waals surface area contributed by atoms with Gasteiger partial charge < -0.3 is 10.1 Å². The molecular formula is C23H26ClFN2O2. The van der Waals surface area contributed by atoms with Gasteiger partial charge in [-0.25, -0.2) is 4.39 Å². The zero-order chi connectivity index (χ0) is 20.4. The number of amides is 1. The maximum Gasteiger partial charge on any atom is 0.230 e. The van der Waals surface area contributed by atoms with Gasteiger partial charge in [-0.1, -0.05) is 29.8 Å². The predicted octanol–water partition coefficient (Wildman–Crippen LogP) is 4.30. The molecule has 1 saturated carbocycles. The molecule has 2 aromatic rings. The van der Waals surface area contributed by atoms with Gasteiger partial charge in [-0.15, -0.1) is 0 Å². The zero-order valence-electron chi connectivity index (χ0n) is 16.6. The predicted molar refractivity (Wildman–Crippen MR) is 112 cm³/mol. The van der Waals surface area contributed by atoms with Crippen LogP contribution in [0.1, 0.15) is 36.8 Å². The maximum atomic E-state index is 13.9. The molecule has 154 valence electrons. The Labute approximate surface area is 176 Å². The number of halogens is 2. The molecule has 0 spiro atoms. The molecule has 1 heterocycles. The van der Waals surface area contributed by atoms with Gasteiger partial charge in [0.05, 0.1) is 12.5 Å². The van der Waals surface area contributed by atoms with Crippen LogP contribution in [0.4, 0.5) is 4.39 Å². The number of methoxy groups -OCH3 is 1. The van der Waals surface area contributed by atoms with Crippen molar-refractivity contribution in [3.8, 4) is 5.75 Å². The Kier molecular flexibility index (Phi) is 5.79. The van der Waals surface area contributed by atoms with Gasteiger partial charge in [-0.3, -0.25) is 9.69 Å². The first-order chi connectivity index (χ1) is 14.0. The van der Waals surface area contributed by atoms with Crippen LogP contribution in [0.5, 0.6) is 5.75 Å². The molecule has 1 saturated heterocycles. The smallest absolute Gasteiger partial charge is 0.230 e. The van der Waals surface area contributed by atoms with Crippen molar-refractivity contribution < 1.29 is 13.9 Å². The van der Waals surface area contributed by atoms with Crippen molar-refractivity contribution in [3.05, 3.63) is 64.4 Å². The van der Waals surface area contributed by atoms with Crippen molar-refractivity contribution in [1.82, 2.24) is 10.2 Å². The van der Waals surface area contributed by atoms with Crippen molar-refractivity contribution >= 4 is 17.5 Å². The van der Waals surface area contributed by atoms with Gasteiger partial charge >= 0.3 is 0 Å². The Morgan fingerprint density at radius 1 is 1.24 bits per heavy atom. The molecule has 0 unspecified atom stereocenters. The van der Waals surface area contributed by atoms with E-state index in [1.54, 1.807) is 6.07 Å². The maximum absolute atomic E-state index is 13.9. The summed E-state index contributed by atoms with van der Waals surface area (Å²) in [5, 5.41) is 3.93. The number of carbonyl (C=O) groups is 1. The quantitative estimate of drug-likeness (QED) is 0.763. The second kappa shape index (κ2) is 8.33. The number of rotatable bonds is 6. The van der Waals surface area contributed by atoms with E-state index in [0.29, 0.717) is 11.6 Å². The fraction of sp³-hybridized carbons (Fsp3) is 0.435. The summed E-state index contributed by atoms with van der Waals surface area (Å²) in [6.07, 6.45) is 3.55. The first-order valence-corrected chi connectivity index (χ1v) is 10.5. The van der Waals surface area contributed by atoms with E-state index in [9.17, 15) is 9.18 Å². The van der Waals surface area contributed by atoms with Crippen LogP contribution >= 0.6 is 11.6 Å². The second-order valence-electron chi connectivity index (χ2n) is 8.09. The summed E-state index contributed by atoms with van der Waals surface area (Å²) in [6, 6.07) is 12.9. The van der Waals surface area contributed by atoms with Crippen LogP contribution in [0.15, 0.2) is 42.5 Å². The third-order valence-electron chi connectivity index (χ3n) is 6.11. The second-order valence-corrected chi connectivity index (χ2v) is 8.52. The Morgan fingerprint density at radius 2 is 2.00 bits per heavy atom. The Hall–Kier alpha value is -2.11. The molecule has 1 amide bonds. The van der Waals surface area contributed by atoms with Gasteiger partial charge in [0.1, 0.15) is 0 Å². The molecule has 1 aliphatic carbocycles. The van der Waals surface area contributed by atoms with E-state index in [1.165, 1.54) is 13.2 Å². The summed E-state index contributed by atoms with van der Waals surface area (Å²) in [4.78, 5) is 15.3. The molecule has 2 aliphatic rings. The Balaban J connectivity index is 1.30. The van der Waals surface area contributed by atoms with Gasteiger partial charge in [-0.05, 0) is 61.1 Å². The normalized spacial score (nSPS) is 19.0. The largest absolute Gasteiger partial charge is 0.494 e. The lowest BCUT2D eigenvalue weighted by Gasteiger charge is -2.33. The van der Waals surface area contributed by atoms with Crippen molar-refractivity contribution in [3.63, 3.8) is 0 Å². The van der Waals surface area contributed by atoms with E-state index < -0.39 is 5.41 Å². The molecule has 0 radical (unpaired) electrons. The fourth-order valence-electron chi connectivity index (χ4n) is 4.18. The van der Waals surface area contributed by atoms with E-state index in [1.807, 2.05) is 30.3 Å². The average Bonchev–Trinajstić information content (AvgIpc) is 3.52. The van der Waals surface area contributed by atoms with Gasteiger partial charge in [0.15, 0.2) is 11.6 Å². The minimum atomic E-state index is -0.400. The molecule has 2 fully saturated rings. The highest BCUT2D eigenvalue weighted by Crippen LogP contribution is 2.49. The van der Waals surface area contributed by atoms with Crippen LogP contribution in [0.2, 0.25) is 5.02 Å². The van der Waals surface area contributed by atoms with E-state index in [0.717, 1.165) is 49.9 Å². The molecule has 4 nitrogen and oxygen atoms in total. The van der Waals surface area contributed by atoms with Crippen LogP contribution in [0.3, 0.4) is 0 Å². The highest BCUT2D eigenvalue weighted by Gasteiger charge is 2.51. The molecule has 0 atom stereocenters. The first-order valence-electron chi connectivity index (χ1n) is 10.1. The molecule has 2 aromatic carbocycles. The van der Waals surface area contributed by atoms with E-state index in [4.69, 9.17) is 16.3 Å². The summed E-state index contributed by atoms with van der Waals surface area (Å²) in [5.41, 5.74) is 1.55. The van der Waals surface area contributed by atoms with E-state index >= 15 is 0 Å². The fourth-order valence-corrected chi connectivity index (χ4v) is 4.37. The molecule has 6 heteroatoms. The van der Waals surface area contributed by atoms with Crippen LogP contribution in [-0.2, 0) is 16.8 Å². The number of ether oxygens (including phenoxy) is 1. The zero-order valence-corrected chi connectivity index (χ0v) is 17.3. The molecule has 29 heavy (non-hydrogen) atoms. The monoisotopic (exact) mass is 416 g/mol. The molecule has 0 aromatic heterocycles. The molecular weight excluding hydrogens is 391 g/mol. The van der Waals surface area contributed by atoms with Crippen LogP contribution in [0.25, 0.3) is 0 Å². The number of hydrogen-bond donors (Lipinski definition) is 1. The van der Waals surface area contributed by atoms with E-state index in [-0.39, 0.29) is 23.5 Å². The lowest BCUT2D eigenvalue weighted by molar-refractivity contribution is -0.124. The van der Waals surface area contributed by atoms with Crippen molar-refractivity contribution in [2.75, 3.05) is 20.2 Å². The van der Waals surface area contributed by atoms with Crippen molar-refractivity contribution in [2.45, 2.75) is 43.7 Å². The summed E-state index contributed by atoms with van der Waals surface area (Å²) in [6.45, 7) is 2.46. The van der Waals surface area contributed by atoms with Crippen LogP contribution in [0, 0.1) is 5.82 Å². The SMILES string of the molecule is COc1ccc(CN2CCC(NC(=O)C3(c4cccc(Cl)c4)CC3)CC2)cc1F. The first kappa shape index (κ1) is 20.2. The molecule has 0 bridgehead atoms. The van der Waals surface area contributed by atoms with Gasteiger partial charge in [-0.2, -0.15) is 0 Å². The number of carbonyl (C=O) groups excluding carboxylic acids is 1. The van der Waals surface area contributed by atoms with E-state index in [2.05, 4.69) is 10.2 Å². The minimum absolute atomic E-state index is 0.121. The molecule has 4 rings (SSSR count). The number of benzene rings is 2. The summed E-state index contributed by atoms with van der Waals surface area (Å²) in [7, 11) is 1.47. The third-order valence-corrected chi connectivity index (χ3v) is 6.34. The third kappa shape index (κ3) is 4.41. The number of hydrogen-bond acceptors (Lipinski definition) is 3. The highest BCUT2D eigenvalue weighted by atomic mass is 35.5. The number of piperidine rings is 1. The average molecular weight is 417 g/mol. The summed E-state index contributed by atoms with van der Waals surface area (Å²) >= 11 is 6.12. The van der Waals surface area contributed by atoms with Crippen molar-refractivity contribution in [2.24, 2.45) is 0 Å². The van der Waals surface area contributed by atoms with Crippen LogP contribution < -0.4 is 10.1 Å². The van der Waals surface area contributed by atoms with Crippen LogP contribution in [-0.4, -0.2) is 37.0 Å². The lowest BCUT2D eigenvalue weighted by atomic mass is 9.93. The van der Waals surface area contributed by atoms with Gasteiger partial charge in [0, 0.05) is 30.7 Å². The summed E-state index contributed by atoms with van der Waals surface area (Å²) < 4.78 is 18.9.